The van der Waals surface area contributed by atoms with E-state index in [1.54, 1.807) is 12.1 Å². The van der Waals surface area contributed by atoms with Gasteiger partial charge in [-0.15, -0.1) is 0 Å². The zero-order chi connectivity index (χ0) is 17.7. The first-order chi connectivity index (χ1) is 11.4. The molecule has 0 fully saturated rings. The molecule has 0 aromatic heterocycles. The lowest BCUT2D eigenvalue weighted by Gasteiger charge is -2.21. The minimum Gasteiger partial charge on any atom is -0.497 e. The van der Waals surface area contributed by atoms with Gasteiger partial charge in [0.15, 0.2) is 6.04 Å². The van der Waals surface area contributed by atoms with Crippen molar-refractivity contribution >= 4 is 23.5 Å². The number of hydrogen-bond donors (Lipinski definition) is 3. The van der Waals surface area contributed by atoms with Crippen LogP contribution in [0.3, 0.4) is 0 Å². The smallest absolute Gasteiger partial charge is 0.329 e. The number of carbonyl (C=O) groups is 2. The minimum atomic E-state index is -1.50. The maximum Gasteiger partial charge on any atom is 0.329 e. The highest BCUT2D eigenvalue weighted by atomic mass is 35.5. The zero-order valence-electron chi connectivity index (χ0n) is 12.8. The quantitative estimate of drug-likeness (QED) is 0.743. The summed E-state index contributed by atoms with van der Waals surface area (Å²) in [7, 11) is 1.50. The molecule has 6 nitrogen and oxygen atoms in total. The van der Waals surface area contributed by atoms with E-state index in [2.05, 4.69) is 5.32 Å². The standard InChI is InChI=1S/C17H16ClNO5/c1-24-13-8-4-10(5-9-13)15(20)14(17(22)23)19-16(21)11-2-6-12(18)7-3-11/h2-9,14-15,20H,1H3,(H,19,21)(H,22,23). The lowest BCUT2D eigenvalue weighted by atomic mass is 10.0. The second kappa shape index (κ2) is 7.81. The number of nitrogens with one attached hydrogen (secondary N) is 1. The Morgan fingerprint density at radius 2 is 1.67 bits per heavy atom. The monoisotopic (exact) mass is 349 g/mol. The van der Waals surface area contributed by atoms with Crippen LogP contribution in [0.4, 0.5) is 0 Å². The summed E-state index contributed by atoms with van der Waals surface area (Å²) in [6, 6.07) is 10.7. The van der Waals surface area contributed by atoms with Gasteiger partial charge in [-0.3, -0.25) is 4.79 Å². The Kier molecular flexibility index (Phi) is 5.78. The first-order valence-electron chi connectivity index (χ1n) is 7.03. The molecule has 0 aliphatic heterocycles. The predicted molar refractivity (Wildman–Crippen MR) is 88.3 cm³/mol. The van der Waals surface area contributed by atoms with Crippen molar-refractivity contribution in [1.29, 1.82) is 0 Å². The fraction of sp³-hybridized carbons (Fsp3) is 0.176. The molecule has 0 spiro atoms. The second-order valence-corrected chi connectivity index (χ2v) is 5.45. The Hall–Kier alpha value is -2.57. The number of benzene rings is 2. The van der Waals surface area contributed by atoms with Crippen LogP contribution >= 0.6 is 11.6 Å². The van der Waals surface area contributed by atoms with Crippen LogP contribution in [-0.2, 0) is 4.79 Å². The zero-order valence-corrected chi connectivity index (χ0v) is 13.5. The predicted octanol–water partition coefficient (Wildman–Crippen LogP) is 2.27. The Morgan fingerprint density at radius 1 is 1.08 bits per heavy atom. The van der Waals surface area contributed by atoms with Crippen molar-refractivity contribution in [2.24, 2.45) is 0 Å². The SMILES string of the molecule is COc1ccc(C(O)C(NC(=O)c2ccc(Cl)cc2)C(=O)O)cc1. The summed E-state index contributed by atoms with van der Waals surface area (Å²) in [4.78, 5) is 23.6. The summed E-state index contributed by atoms with van der Waals surface area (Å²) in [6.07, 6.45) is -1.41. The van der Waals surface area contributed by atoms with Crippen molar-refractivity contribution in [3.8, 4) is 5.75 Å². The average Bonchev–Trinajstić information content (AvgIpc) is 2.59. The Bertz CT molecular complexity index is 715. The fourth-order valence-corrected chi connectivity index (χ4v) is 2.22. The molecule has 7 heteroatoms. The van der Waals surface area contributed by atoms with Gasteiger partial charge in [0.25, 0.3) is 5.91 Å². The Labute approximate surface area is 143 Å². The molecule has 2 aromatic rings. The van der Waals surface area contributed by atoms with E-state index >= 15 is 0 Å². The maximum absolute atomic E-state index is 12.2. The summed E-state index contributed by atoms with van der Waals surface area (Å²) >= 11 is 5.75. The third kappa shape index (κ3) is 4.24. The lowest BCUT2D eigenvalue weighted by Crippen LogP contribution is -2.45. The van der Waals surface area contributed by atoms with Crippen molar-refractivity contribution in [3.63, 3.8) is 0 Å². The number of carboxylic acids is 1. The summed E-state index contributed by atoms with van der Waals surface area (Å²) in [5, 5.41) is 22.4. The molecule has 0 radical (unpaired) electrons. The van der Waals surface area contributed by atoms with Gasteiger partial charge >= 0.3 is 5.97 Å². The number of ether oxygens (including phenoxy) is 1. The van der Waals surface area contributed by atoms with Crippen molar-refractivity contribution in [1.82, 2.24) is 5.32 Å². The molecule has 3 N–H and O–H groups in total. The molecule has 0 heterocycles. The van der Waals surface area contributed by atoms with Crippen LogP contribution in [0.1, 0.15) is 22.0 Å². The molecule has 2 rings (SSSR count). The van der Waals surface area contributed by atoms with E-state index in [1.807, 2.05) is 0 Å². The number of hydrogen-bond acceptors (Lipinski definition) is 4. The first-order valence-corrected chi connectivity index (χ1v) is 7.41. The van der Waals surface area contributed by atoms with E-state index in [0.717, 1.165) is 0 Å². The highest BCUT2D eigenvalue weighted by Crippen LogP contribution is 2.21. The molecular formula is C17H16ClNO5. The normalized spacial score (nSPS) is 13.0. The topological polar surface area (TPSA) is 95.9 Å². The number of carbonyl (C=O) groups excluding carboxylic acids is 1. The molecule has 0 aliphatic carbocycles. The molecule has 2 unspecified atom stereocenters. The largest absolute Gasteiger partial charge is 0.497 e. The van der Waals surface area contributed by atoms with Gasteiger partial charge in [0, 0.05) is 10.6 Å². The van der Waals surface area contributed by atoms with Crippen LogP contribution in [0.15, 0.2) is 48.5 Å². The Morgan fingerprint density at radius 3 is 2.17 bits per heavy atom. The van der Waals surface area contributed by atoms with Gasteiger partial charge < -0.3 is 20.3 Å². The number of aliphatic carboxylic acids is 1. The second-order valence-electron chi connectivity index (χ2n) is 5.01. The van der Waals surface area contributed by atoms with Gasteiger partial charge in [0.1, 0.15) is 11.9 Å². The van der Waals surface area contributed by atoms with Gasteiger partial charge in [0.05, 0.1) is 7.11 Å². The molecule has 126 valence electrons. The van der Waals surface area contributed by atoms with Gasteiger partial charge in [-0.1, -0.05) is 23.7 Å². The highest BCUT2D eigenvalue weighted by molar-refractivity contribution is 6.30. The van der Waals surface area contributed by atoms with Crippen molar-refractivity contribution in [3.05, 3.63) is 64.7 Å². The van der Waals surface area contributed by atoms with Crippen LogP contribution in [-0.4, -0.2) is 35.2 Å². The van der Waals surface area contributed by atoms with Crippen molar-refractivity contribution in [2.45, 2.75) is 12.1 Å². The maximum atomic E-state index is 12.2. The van der Waals surface area contributed by atoms with E-state index in [-0.39, 0.29) is 5.56 Å². The molecule has 0 aliphatic rings. The summed E-state index contributed by atoms with van der Waals surface area (Å²) in [6.45, 7) is 0. The van der Waals surface area contributed by atoms with E-state index in [0.29, 0.717) is 16.3 Å². The van der Waals surface area contributed by atoms with Crippen molar-refractivity contribution in [2.75, 3.05) is 7.11 Å². The molecule has 2 aromatic carbocycles. The minimum absolute atomic E-state index is 0.243. The Balaban J connectivity index is 2.17. The number of halogens is 1. The number of aliphatic hydroxyl groups is 1. The average molecular weight is 350 g/mol. The molecular weight excluding hydrogens is 334 g/mol. The number of methoxy groups -OCH3 is 1. The van der Waals surface area contributed by atoms with Crippen LogP contribution in [0.5, 0.6) is 5.75 Å². The van der Waals surface area contributed by atoms with Crippen molar-refractivity contribution < 1.29 is 24.5 Å². The number of amides is 1. The van der Waals surface area contributed by atoms with Gasteiger partial charge in [-0.2, -0.15) is 0 Å². The summed E-state index contributed by atoms with van der Waals surface area (Å²) < 4.78 is 5.01. The number of rotatable bonds is 6. The first kappa shape index (κ1) is 17.8. The number of aliphatic hydroxyl groups excluding tert-OH is 1. The van der Waals surface area contributed by atoms with Gasteiger partial charge in [-0.05, 0) is 42.0 Å². The molecule has 0 saturated heterocycles. The molecule has 24 heavy (non-hydrogen) atoms. The third-order valence-corrected chi connectivity index (χ3v) is 3.68. The van der Waals surface area contributed by atoms with Crippen LogP contribution in [0, 0.1) is 0 Å². The lowest BCUT2D eigenvalue weighted by molar-refractivity contribution is -0.142. The van der Waals surface area contributed by atoms with Gasteiger partial charge in [0.2, 0.25) is 0 Å². The molecule has 2 atom stereocenters. The summed E-state index contributed by atoms with van der Waals surface area (Å²) in [5.41, 5.74) is 0.590. The van der Waals surface area contributed by atoms with E-state index in [9.17, 15) is 19.8 Å². The third-order valence-electron chi connectivity index (χ3n) is 3.43. The van der Waals surface area contributed by atoms with Crippen LogP contribution in [0.2, 0.25) is 5.02 Å². The van der Waals surface area contributed by atoms with E-state index in [1.165, 1.54) is 43.5 Å². The fourth-order valence-electron chi connectivity index (χ4n) is 2.10. The molecule has 0 saturated carbocycles. The summed E-state index contributed by atoms with van der Waals surface area (Å²) in [5.74, 6) is -1.39. The number of carboxylic acid groups (broad SMARTS) is 1. The van der Waals surface area contributed by atoms with Gasteiger partial charge in [-0.25, -0.2) is 4.79 Å². The molecule has 0 bridgehead atoms. The van der Waals surface area contributed by atoms with E-state index in [4.69, 9.17) is 16.3 Å². The molecule has 1 amide bonds. The van der Waals surface area contributed by atoms with E-state index < -0.39 is 24.0 Å². The highest BCUT2D eigenvalue weighted by Gasteiger charge is 2.29. The van der Waals surface area contributed by atoms with Crippen LogP contribution < -0.4 is 10.1 Å². The van der Waals surface area contributed by atoms with Crippen LogP contribution in [0.25, 0.3) is 0 Å².